The minimum Gasteiger partial charge on any atom is -0.330 e. The fraction of sp³-hybridized carbons (Fsp3) is 0.857. The Labute approximate surface area is 62.6 Å². The minimum absolute atomic E-state index is 0.135. The van der Waals surface area contributed by atoms with E-state index < -0.39 is 0 Å². The van der Waals surface area contributed by atoms with Crippen LogP contribution in [-0.4, -0.2) is 43.0 Å². The molecule has 0 atom stereocenters. The molecule has 0 bridgehead atoms. The summed E-state index contributed by atoms with van der Waals surface area (Å²) in [6.07, 6.45) is 0. The van der Waals surface area contributed by atoms with Gasteiger partial charge < -0.3 is 4.90 Å². The van der Waals surface area contributed by atoms with Gasteiger partial charge in [-0.3, -0.25) is 9.69 Å². The van der Waals surface area contributed by atoms with E-state index >= 15 is 0 Å². The lowest BCUT2D eigenvalue weighted by molar-refractivity contribution is -0.130. The molecule has 10 heavy (non-hydrogen) atoms. The van der Waals surface area contributed by atoms with Crippen molar-refractivity contribution >= 4 is 5.91 Å². The first-order chi connectivity index (χ1) is 4.57. The first-order valence-corrected chi connectivity index (χ1v) is 3.48. The van der Waals surface area contributed by atoms with E-state index in [4.69, 9.17) is 0 Å². The second-order valence-electron chi connectivity index (χ2n) is 2.60. The molecule has 0 aliphatic heterocycles. The summed E-state index contributed by atoms with van der Waals surface area (Å²) in [4.78, 5) is 14.6. The van der Waals surface area contributed by atoms with Gasteiger partial charge in [0.25, 0.3) is 0 Å². The Hall–Kier alpha value is -0.570. The lowest BCUT2D eigenvalue weighted by Gasteiger charge is -2.22. The summed E-state index contributed by atoms with van der Waals surface area (Å²) < 4.78 is 0. The highest BCUT2D eigenvalue weighted by Crippen LogP contribution is 1.88. The van der Waals surface area contributed by atoms with Crippen molar-refractivity contribution in [1.29, 1.82) is 0 Å². The topological polar surface area (TPSA) is 23.6 Å². The highest BCUT2D eigenvalue weighted by atomic mass is 16.2. The molecule has 0 fully saturated rings. The molecule has 0 aromatic carbocycles. The van der Waals surface area contributed by atoms with E-state index in [0.29, 0.717) is 6.67 Å². The van der Waals surface area contributed by atoms with Crippen molar-refractivity contribution in [3.8, 4) is 0 Å². The van der Waals surface area contributed by atoms with Gasteiger partial charge in [0, 0.05) is 13.5 Å². The van der Waals surface area contributed by atoms with Crippen LogP contribution in [0.1, 0.15) is 13.8 Å². The lowest BCUT2D eigenvalue weighted by Crippen LogP contribution is -2.36. The van der Waals surface area contributed by atoms with Gasteiger partial charge in [0.2, 0.25) is 5.91 Å². The van der Waals surface area contributed by atoms with Crippen LogP contribution in [0.15, 0.2) is 0 Å². The van der Waals surface area contributed by atoms with Crippen LogP contribution in [0.2, 0.25) is 0 Å². The van der Waals surface area contributed by atoms with Crippen LogP contribution in [0.3, 0.4) is 0 Å². The lowest BCUT2D eigenvalue weighted by atomic mass is 10.5. The predicted octanol–water partition coefficient (Wildman–Crippen LogP) is 0.374. The van der Waals surface area contributed by atoms with Crippen molar-refractivity contribution < 1.29 is 4.79 Å². The van der Waals surface area contributed by atoms with Gasteiger partial charge in [-0.05, 0) is 21.0 Å². The van der Waals surface area contributed by atoms with Crippen LogP contribution >= 0.6 is 0 Å². The van der Waals surface area contributed by atoms with Crippen molar-refractivity contribution in [3.05, 3.63) is 0 Å². The SMILES string of the molecule is CCN(CN(C)C)C(C)=O. The predicted molar refractivity (Wildman–Crippen MR) is 41.6 cm³/mol. The van der Waals surface area contributed by atoms with Gasteiger partial charge in [-0.25, -0.2) is 0 Å². The Kier molecular flexibility index (Phi) is 4.03. The number of carbonyl (C=O) groups excluding carboxylic acids is 1. The van der Waals surface area contributed by atoms with E-state index in [9.17, 15) is 4.79 Å². The maximum atomic E-state index is 10.8. The third kappa shape index (κ3) is 3.45. The van der Waals surface area contributed by atoms with Gasteiger partial charge in [-0.15, -0.1) is 0 Å². The molecule has 0 spiro atoms. The molecule has 0 aliphatic rings. The minimum atomic E-state index is 0.135. The molecular weight excluding hydrogens is 128 g/mol. The molecule has 0 saturated heterocycles. The zero-order valence-corrected chi connectivity index (χ0v) is 7.22. The van der Waals surface area contributed by atoms with Crippen molar-refractivity contribution in [3.63, 3.8) is 0 Å². The molecule has 3 nitrogen and oxygen atoms in total. The molecule has 0 heterocycles. The summed E-state index contributed by atoms with van der Waals surface area (Å²) in [6.45, 7) is 5.07. The van der Waals surface area contributed by atoms with Gasteiger partial charge in [0.15, 0.2) is 0 Å². The Morgan fingerprint density at radius 3 is 2.00 bits per heavy atom. The average Bonchev–Trinajstić information content (AvgIpc) is 1.81. The fourth-order valence-corrected chi connectivity index (χ4v) is 0.764. The van der Waals surface area contributed by atoms with E-state index in [1.807, 2.05) is 25.9 Å². The molecular formula is C7H16N2O. The van der Waals surface area contributed by atoms with Crippen molar-refractivity contribution in [2.75, 3.05) is 27.3 Å². The quantitative estimate of drug-likeness (QED) is 0.534. The number of hydrogen-bond donors (Lipinski definition) is 0. The zero-order valence-electron chi connectivity index (χ0n) is 7.22. The van der Waals surface area contributed by atoms with E-state index in [-0.39, 0.29) is 5.91 Å². The Balaban J connectivity index is 3.72. The average molecular weight is 144 g/mol. The molecule has 0 N–H and O–H groups in total. The van der Waals surface area contributed by atoms with Gasteiger partial charge in [0.05, 0.1) is 6.67 Å². The molecule has 0 radical (unpaired) electrons. The van der Waals surface area contributed by atoms with Crippen LogP contribution in [0.4, 0.5) is 0 Å². The van der Waals surface area contributed by atoms with Crippen LogP contribution in [0, 0.1) is 0 Å². The fourth-order valence-electron chi connectivity index (χ4n) is 0.764. The molecule has 0 aromatic rings. The zero-order chi connectivity index (χ0) is 8.15. The summed E-state index contributed by atoms with van der Waals surface area (Å²) in [5.41, 5.74) is 0. The second-order valence-corrected chi connectivity index (χ2v) is 2.60. The summed E-state index contributed by atoms with van der Waals surface area (Å²) in [6, 6.07) is 0. The van der Waals surface area contributed by atoms with Crippen LogP contribution in [-0.2, 0) is 4.79 Å². The molecule has 3 heteroatoms. The summed E-state index contributed by atoms with van der Waals surface area (Å²) >= 11 is 0. The van der Waals surface area contributed by atoms with Crippen molar-refractivity contribution in [2.45, 2.75) is 13.8 Å². The van der Waals surface area contributed by atoms with E-state index in [0.717, 1.165) is 6.54 Å². The summed E-state index contributed by atoms with van der Waals surface area (Å²) in [7, 11) is 3.90. The first-order valence-electron chi connectivity index (χ1n) is 3.48. The number of nitrogens with zero attached hydrogens (tertiary/aromatic N) is 2. The summed E-state index contributed by atoms with van der Waals surface area (Å²) in [5, 5.41) is 0. The Bertz CT molecular complexity index is 112. The largest absolute Gasteiger partial charge is 0.330 e. The molecule has 0 rings (SSSR count). The number of carbonyl (C=O) groups is 1. The van der Waals surface area contributed by atoms with E-state index in [1.54, 1.807) is 11.8 Å². The first kappa shape index (κ1) is 9.43. The third-order valence-corrected chi connectivity index (χ3v) is 1.28. The molecule has 0 aliphatic carbocycles. The molecule has 0 aromatic heterocycles. The Morgan fingerprint density at radius 2 is 1.90 bits per heavy atom. The van der Waals surface area contributed by atoms with Gasteiger partial charge in [0.1, 0.15) is 0 Å². The molecule has 0 unspecified atom stereocenters. The normalized spacial score (nSPS) is 10.1. The van der Waals surface area contributed by atoms with E-state index in [2.05, 4.69) is 0 Å². The van der Waals surface area contributed by atoms with Crippen LogP contribution in [0.5, 0.6) is 0 Å². The molecule has 60 valence electrons. The molecule has 1 amide bonds. The number of rotatable bonds is 3. The maximum Gasteiger partial charge on any atom is 0.220 e. The molecule has 0 saturated carbocycles. The van der Waals surface area contributed by atoms with Crippen molar-refractivity contribution in [1.82, 2.24) is 9.80 Å². The van der Waals surface area contributed by atoms with Gasteiger partial charge >= 0.3 is 0 Å². The third-order valence-electron chi connectivity index (χ3n) is 1.28. The number of hydrogen-bond acceptors (Lipinski definition) is 2. The highest BCUT2D eigenvalue weighted by molar-refractivity contribution is 5.73. The summed E-state index contributed by atoms with van der Waals surface area (Å²) in [5.74, 6) is 0.135. The monoisotopic (exact) mass is 144 g/mol. The van der Waals surface area contributed by atoms with Crippen molar-refractivity contribution in [2.24, 2.45) is 0 Å². The Morgan fingerprint density at radius 1 is 1.40 bits per heavy atom. The second kappa shape index (κ2) is 4.28. The smallest absolute Gasteiger partial charge is 0.220 e. The number of amides is 1. The van der Waals surface area contributed by atoms with E-state index in [1.165, 1.54) is 0 Å². The maximum absolute atomic E-state index is 10.8. The van der Waals surface area contributed by atoms with Crippen LogP contribution < -0.4 is 0 Å². The van der Waals surface area contributed by atoms with Gasteiger partial charge in [-0.1, -0.05) is 0 Å². The van der Waals surface area contributed by atoms with Crippen LogP contribution in [0.25, 0.3) is 0 Å². The highest BCUT2D eigenvalue weighted by Gasteiger charge is 2.04. The standard InChI is InChI=1S/C7H16N2O/c1-5-9(7(2)10)6-8(3)4/h5-6H2,1-4H3. The van der Waals surface area contributed by atoms with Gasteiger partial charge in [-0.2, -0.15) is 0 Å².